The number of nitrogens with one attached hydrogen (secondary N) is 1. The molecule has 2 rings (SSSR count). The highest BCUT2D eigenvalue weighted by Crippen LogP contribution is 2.15. The molecule has 1 aromatic rings. The summed E-state index contributed by atoms with van der Waals surface area (Å²) in [6.45, 7) is 7.26. The highest BCUT2D eigenvalue weighted by Gasteiger charge is 2.23. The van der Waals surface area contributed by atoms with Crippen LogP contribution in [-0.4, -0.2) is 85.6 Å². The SMILES string of the molecule is CCCNC(=O)CN1CCN(C(=O)CN(C)Cc2ccc(SC)cc2)CC1. The number of carbonyl (C=O) groups excluding carboxylic acids is 2. The summed E-state index contributed by atoms with van der Waals surface area (Å²) in [5.74, 6) is 0.233. The van der Waals surface area contributed by atoms with Gasteiger partial charge in [0.2, 0.25) is 11.8 Å². The first-order valence-electron chi connectivity index (χ1n) is 9.60. The Morgan fingerprint density at radius 2 is 1.81 bits per heavy atom. The van der Waals surface area contributed by atoms with Crippen molar-refractivity contribution in [1.29, 1.82) is 0 Å². The zero-order chi connectivity index (χ0) is 19.6. The van der Waals surface area contributed by atoms with Crippen molar-refractivity contribution in [2.45, 2.75) is 24.8 Å². The maximum Gasteiger partial charge on any atom is 0.236 e. The second-order valence-corrected chi connectivity index (χ2v) is 7.91. The van der Waals surface area contributed by atoms with Gasteiger partial charge >= 0.3 is 0 Å². The molecule has 0 bridgehead atoms. The third kappa shape index (κ3) is 7.52. The van der Waals surface area contributed by atoms with Crippen LogP contribution in [0.1, 0.15) is 18.9 Å². The number of nitrogens with zero attached hydrogens (tertiary/aromatic N) is 3. The van der Waals surface area contributed by atoms with E-state index in [4.69, 9.17) is 0 Å². The summed E-state index contributed by atoms with van der Waals surface area (Å²) in [7, 11) is 1.98. The van der Waals surface area contributed by atoms with Gasteiger partial charge < -0.3 is 10.2 Å². The molecule has 1 fully saturated rings. The van der Waals surface area contributed by atoms with Gasteiger partial charge in [-0.3, -0.25) is 19.4 Å². The molecule has 6 nitrogen and oxygen atoms in total. The second kappa shape index (κ2) is 11.3. The van der Waals surface area contributed by atoms with Gasteiger partial charge in [0, 0.05) is 44.2 Å². The summed E-state index contributed by atoms with van der Waals surface area (Å²) < 4.78 is 0. The van der Waals surface area contributed by atoms with Crippen LogP contribution in [0, 0.1) is 0 Å². The molecule has 0 aromatic heterocycles. The van der Waals surface area contributed by atoms with Gasteiger partial charge in [-0.1, -0.05) is 19.1 Å². The van der Waals surface area contributed by atoms with Crippen molar-refractivity contribution < 1.29 is 9.59 Å². The minimum absolute atomic E-state index is 0.0730. The Bertz CT molecular complexity index is 601. The Morgan fingerprint density at radius 1 is 1.15 bits per heavy atom. The van der Waals surface area contributed by atoms with Crippen LogP contribution in [0.3, 0.4) is 0 Å². The molecule has 0 spiro atoms. The molecule has 7 heteroatoms. The molecule has 0 radical (unpaired) electrons. The third-order valence-electron chi connectivity index (χ3n) is 4.68. The lowest BCUT2D eigenvalue weighted by Gasteiger charge is -2.35. The number of carbonyl (C=O) groups is 2. The predicted octanol–water partition coefficient (Wildman–Crippen LogP) is 1.51. The smallest absolute Gasteiger partial charge is 0.236 e. The lowest BCUT2D eigenvalue weighted by atomic mass is 10.2. The molecule has 0 saturated carbocycles. The van der Waals surface area contributed by atoms with Crippen LogP contribution in [-0.2, 0) is 16.1 Å². The summed E-state index contributed by atoms with van der Waals surface area (Å²) in [6.07, 6.45) is 3.01. The summed E-state index contributed by atoms with van der Waals surface area (Å²) in [5.41, 5.74) is 1.21. The first kappa shape index (κ1) is 21.7. The van der Waals surface area contributed by atoms with E-state index in [1.54, 1.807) is 11.8 Å². The fourth-order valence-corrected chi connectivity index (χ4v) is 3.52. The quantitative estimate of drug-likeness (QED) is 0.646. The van der Waals surface area contributed by atoms with E-state index in [9.17, 15) is 9.59 Å². The summed E-state index contributed by atoms with van der Waals surface area (Å²) >= 11 is 1.73. The Labute approximate surface area is 167 Å². The fourth-order valence-electron chi connectivity index (χ4n) is 3.11. The topological polar surface area (TPSA) is 55.9 Å². The normalized spacial score (nSPS) is 15.2. The third-order valence-corrected chi connectivity index (χ3v) is 5.42. The molecule has 1 aromatic carbocycles. The lowest BCUT2D eigenvalue weighted by molar-refractivity contribution is -0.134. The molecule has 150 valence electrons. The van der Waals surface area contributed by atoms with Gasteiger partial charge in [-0.15, -0.1) is 11.8 Å². The van der Waals surface area contributed by atoms with Gasteiger partial charge in [0.25, 0.3) is 0 Å². The van der Waals surface area contributed by atoms with E-state index in [2.05, 4.69) is 45.6 Å². The first-order valence-corrected chi connectivity index (χ1v) is 10.8. The first-order chi connectivity index (χ1) is 13.0. The summed E-state index contributed by atoms with van der Waals surface area (Å²) in [4.78, 5) is 31.7. The van der Waals surface area contributed by atoms with Crippen molar-refractivity contribution in [3.8, 4) is 0 Å². The molecule has 0 aliphatic carbocycles. The van der Waals surface area contributed by atoms with Crippen LogP contribution in [0.4, 0.5) is 0 Å². The van der Waals surface area contributed by atoms with Crippen LogP contribution in [0.5, 0.6) is 0 Å². The number of rotatable bonds is 9. The maximum atomic E-state index is 12.6. The van der Waals surface area contributed by atoms with Crippen molar-refractivity contribution in [3.63, 3.8) is 0 Å². The minimum Gasteiger partial charge on any atom is -0.355 e. The number of piperazine rings is 1. The Kier molecular flexibility index (Phi) is 9.10. The van der Waals surface area contributed by atoms with Crippen LogP contribution in [0.25, 0.3) is 0 Å². The summed E-state index contributed by atoms with van der Waals surface area (Å²) in [5, 5.41) is 2.90. The van der Waals surface area contributed by atoms with E-state index in [0.717, 1.165) is 32.6 Å². The van der Waals surface area contributed by atoms with Gasteiger partial charge in [0.05, 0.1) is 13.1 Å². The number of amides is 2. The monoisotopic (exact) mass is 392 g/mol. The van der Waals surface area contributed by atoms with Crippen molar-refractivity contribution in [1.82, 2.24) is 20.0 Å². The van der Waals surface area contributed by atoms with Gasteiger partial charge in [-0.25, -0.2) is 0 Å². The lowest BCUT2D eigenvalue weighted by Crippen LogP contribution is -2.52. The van der Waals surface area contributed by atoms with E-state index in [0.29, 0.717) is 26.2 Å². The molecule has 1 saturated heterocycles. The minimum atomic E-state index is 0.0730. The van der Waals surface area contributed by atoms with E-state index < -0.39 is 0 Å². The molecule has 1 heterocycles. The average Bonchev–Trinajstić information content (AvgIpc) is 2.67. The maximum absolute atomic E-state index is 12.6. The van der Waals surface area contributed by atoms with Crippen molar-refractivity contribution >= 4 is 23.6 Å². The highest BCUT2D eigenvalue weighted by atomic mass is 32.2. The molecule has 0 unspecified atom stereocenters. The molecule has 0 atom stereocenters. The van der Waals surface area contributed by atoms with Crippen molar-refractivity contribution in [3.05, 3.63) is 29.8 Å². The van der Waals surface area contributed by atoms with E-state index >= 15 is 0 Å². The number of benzene rings is 1. The standard InChI is InChI=1S/C20H32N4O2S/c1-4-9-21-19(25)15-23-10-12-24(13-11-23)20(26)16-22(2)14-17-5-7-18(27-3)8-6-17/h5-8H,4,9-16H2,1-3H3,(H,21,25). The zero-order valence-corrected chi connectivity index (χ0v) is 17.6. The van der Waals surface area contributed by atoms with Gasteiger partial charge in [-0.2, -0.15) is 0 Å². The van der Waals surface area contributed by atoms with Gasteiger partial charge in [0.15, 0.2) is 0 Å². The average molecular weight is 393 g/mol. The molecule has 1 aliphatic rings. The van der Waals surface area contributed by atoms with Crippen LogP contribution in [0.2, 0.25) is 0 Å². The number of hydrogen-bond acceptors (Lipinski definition) is 5. The fraction of sp³-hybridized carbons (Fsp3) is 0.600. The second-order valence-electron chi connectivity index (χ2n) is 7.03. The molecule has 1 N–H and O–H groups in total. The van der Waals surface area contributed by atoms with Crippen LogP contribution >= 0.6 is 11.8 Å². The number of thioether (sulfide) groups is 1. The molecule has 27 heavy (non-hydrogen) atoms. The van der Waals surface area contributed by atoms with E-state index in [1.807, 2.05) is 18.9 Å². The summed E-state index contributed by atoms with van der Waals surface area (Å²) in [6, 6.07) is 8.47. The Balaban J connectivity index is 1.71. The Morgan fingerprint density at radius 3 is 2.41 bits per heavy atom. The molecule has 2 amide bonds. The Hall–Kier alpha value is -1.57. The molecular weight excluding hydrogens is 360 g/mol. The van der Waals surface area contributed by atoms with Crippen molar-refractivity contribution in [2.75, 3.05) is 59.1 Å². The van der Waals surface area contributed by atoms with E-state index in [-0.39, 0.29) is 11.8 Å². The largest absolute Gasteiger partial charge is 0.355 e. The zero-order valence-electron chi connectivity index (χ0n) is 16.7. The molecular formula is C20H32N4O2S. The predicted molar refractivity (Wildman–Crippen MR) is 111 cm³/mol. The highest BCUT2D eigenvalue weighted by molar-refractivity contribution is 7.98. The van der Waals surface area contributed by atoms with Gasteiger partial charge in [0.1, 0.15) is 0 Å². The number of likely N-dealkylation sites (N-methyl/N-ethyl adjacent to an activating group) is 1. The number of hydrogen-bond donors (Lipinski definition) is 1. The van der Waals surface area contributed by atoms with E-state index in [1.165, 1.54) is 10.5 Å². The van der Waals surface area contributed by atoms with Crippen molar-refractivity contribution in [2.24, 2.45) is 0 Å². The van der Waals surface area contributed by atoms with Gasteiger partial charge in [-0.05, 0) is 37.4 Å². The van der Waals surface area contributed by atoms with Crippen LogP contribution < -0.4 is 5.32 Å². The molecule has 1 aliphatic heterocycles. The van der Waals surface area contributed by atoms with Crippen LogP contribution in [0.15, 0.2) is 29.2 Å².